The van der Waals surface area contributed by atoms with Crippen molar-refractivity contribution in [1.29, 1.82) is 0 Å². The molecule has 0 fully saturated rings. The Morgan fingerprint density at radius 1 is 1.31 bits per heavy atom. The van der Waals surface area contributed by atoms with Crippen LogP contribution in [0.4, 0.5) is 0 Å². The Hall–Kier alpha value is -1.28. The van der Waals surface area contributed by atoms with Crippen molar-refractivity contribution in [2.75, 3.05) is 13.1 Å². The summed E-state index contributed by atoms with van der Waals surface area (Å²) in [7, 11) is 0. The maximum Gasteiger partial charge on any atom is 0.0681 e. The van der Waals surface area contributed by atoms with Crippen molar-refractivity contribution in [2.45, 2.75) is 27.4 Å². The lowest BCUT2D eigenvalue weighted by atomic mass is 10.0. The first-order valence-electron chi connectivity index (χ1n) is 5.78. The number of nitrogens with zero attached hydrogens (tertiary/aromatic N) is 1. The van der Waals surface area contributed by atoms with Gasteiger partial charge in [0.05, 0.1) is 6.61 Å². The van der Waals surface area contributed by atoms with Gasteiger partial charge in [0, 0.05) is 24.4 Å². The van der Waals surface area contributed by atoms with Gasteiger partial charge in [-0.15, -0.1) is 0 Å². The predicted octanol–water partition coefficient (Wildman–Crippen LogP) is 2.80. The molecule has 16 heavy (non-hydrogen) atoms. The molecular formula is C14H21NO. The van der Waals surface area contributed by atoms with Crippen LogP contribution in [0.5, 0.6) is 0 Å². The molecule has 0 aliphatic heterocycles. The summed E-state index contributed by atoms with van der Waals surface area (Å²) in [6.45, 7) is 12.5. The number of hydrogen-bond acceptors (Lipinski definition) is 2. The van der Waals surface area contributed by atoms with Gasteiger partial charge in [-0.2, -0.15) is 0 Å². The van der Waals surface area contributed by atoms with Crippen LogP contribution in [0.15, 0.2) is 24.8 Å². The van der Waals surface area contributed by atoms with E-state index in [4.69, 9.17) is 5.11 Å². The molecule has 2 heteroatoms. The standard InChI is InChI=1S/C14H21NO/c1-5-15(6-2)12(4)14-8-7-13(10-16)9-11(14)3/h7-9,16H,4-6,10H2,1-3H3. The summed E-state index contributed by atoms with van der Waals surface area (Å²) >= 11 is 0. The van der Waals surface area contributed by atoms with E-state index < -0.39 is 0 Å². The summed E-state index contributed by atoms with van der Waals surface area (Å²) in [4.78, 5) is 2.24. The second kappa shape index (κ2) is 5.71. The lowest BCUT2D eigenvalue weighted by Crippen LogP contribution is -2.21. The molecule has 0 aliphatic carbocycles. The number of hydrogen-bond donors (Lipinski definition) is 1. The van der Waals surface area contributed by atoms with E-state index in [2.05, 4.69) is 32.3 Å². The Balaban J connectivity index is 3.00. The highest BCUT2D eigenvalue weighted by atomic mass is 16.3. The van der Waals surface area contributed by atoms with E-state index in [-0.39, 0.29) is 6.61 Å². The molecule has 2 nitrogen and oxygen atoms in total. The zero-order chi connectivity index (χ0) is 12.1. The minimum absolute atomic E-state index is 0.0961. The minimum atomic E-state index is 0.0961. The third kappa shape index (κ3) is 2.64. The summed E-state index contributed by atoms with van der Waals surface area (Å²) in [5.41, 5.74) is 4.35. The summed E-state index contributed by atoms with van der Waals surface area (Å²) < 4.78 is 0. The van der Waals surface area contributed by atoms with E-state index >= 15 is 0 Å². The molecule has 1 rings (SSSR count). The second-order valence-corrected chi connectivity index (χ2v) is 3.93. The highest BCUT2D eigenvalue weighted by Crippen LogP contribution is 2.21. The first-order valence-corrected chi connectivity index (χ1v) is 5.78. The molecule has 0 radical (unpaired) electrons. The Morgan fingerprint density at radius 3 is 2.38 bits per heavy atom. The number of aliphatic hydroxyl groups is 1. The smallest absolute Gasteiger partial charge is 0.0681 e. The van der Waals surface area contributed by atoms with Gasteiger partial charge in [-0.1, -0.05) is 24.8 Å². The monoisotopic (exact) mass is 219 g/mol. The minimum Gasteiger partial charge on any atom is -0.392 e. The van der Waals surface area contributed by atoms with Crippen LogP contribution >= 0.6 is 0 Å². The molecule has 0 bridgehead atoms. The summed E-state index contributed by atoms with van der Waals surface area (Å²) in [5, 5.41) is 9.06. The third-order valence-electron chi connectivity index (χ3n) is 2.93. The van der Waals surface area contributed by atoms with Gasteiger partial charge < -0.3 is 10.0 Å². The number of aliphatic hydroxyl groups excluding tert-OH is 1. The number of benzene rings is 1. The normalized spacial score (nSPS) is 10.2. The van der Waals surface area contributed by atoms with Gasteiger partial charge in [0.15, 0.2) is 0 Å². The van der Waals surface area contributed by atoms with Crippen molar-refractivity contribution in [3.8, 4) is 0 Å². The molecule has 0 saturated heterocycles. The molecular weight excluding hydrogens is 198 g/mol. The van der Waals surface area contributed by atoms with Crippen LogP contribution in [0.1, 0.15) is 30.5 Å². The SMILES string of the molecule is C=C(c1ccc(CO)cc1C)N(CC)CC. The molecule has 0 aromatic heterocycles. The number of aryl methyl sites for hydroxylation is 1. The summed E-state index contributed by atoms with van der Waals surface area (Å²) in [5.74, 6) is 0. The lowest BCUT2D eigenvalue weighted by Gasteiger charge is -2.24. The predicted molar refractivity (Wildman–Crippen MR) is 69.1 cm³/mol. The van der Waals surface area contributed by atoms with Gasteiger partial charge in [0.2, 0.25) is 0 Å². The van der Waals surface area contributed by atoms with Crippen molar-refractivity contribution in [3.63, 3.8) is 0 Å². The van der Waals surface area contributed by atoms with Crippen molar-refractivity contribution >= 4 is 5.70 Å². The maximum absolute atomic E-state index is 9.06. The topological polar surface area (TPSA) is 23.5 Å². The van der Waals surface area contributed by atoms with E-state index in [1.165, 1.54) is 11.1 Å². The van der Waals surface area contributed by atoms with Crippen molar-refractivity contribution in [1.82, 2.24) is 4.90 Å². The molecule has 0 amide bonds. The van der Waals surface area contributed by atoms with E-state index in [1.807, 2.05) is 18.2 Å². The zero-order valence-electron chi connectivity index (χ0n) is 10.5. The molecule has 0 unspecified atom stereocenters. The first kappa shape index (κ1) is 12.8. The summed E-state index contributed by atoms with van der Waals surface area (Å²) in [6.07, 6.45) is 0. The summed E-state index contributed by atoms with van der Waals surface area (Å²) in [6, 6.07) is 6.02. The Bertz CT molecular complexity index is 367. The molecule has 0 saturated carbocycles. The largest absolute Gasteiger partial charge is 0.392 e. The molecule has 1 aromatic rings. The average Bonchev–Trinajstić information content (AvgIpc) is 2.30. The Labute approximate surface area is 98.2 Å². The van der Waals surface area contributed by atoms with E-state index in [1.54, 1.807) is 0 Å². The van der Waals surface area contributed by atoms with Crippen LogP contribution in [-0.2, 0) is 6.61 Å². The van der Waals surface area contributed by atoms with Gasteiger partial charge in [-0.3, -0.25) is 0 Å². The van der Waals surface area contributed by atoms with E-state index in [0.717, 1.165) is 24.4 Å². The fourth-order valence-electron chi connectivity index (χ4n) is 1.92. The van der Waals surface area contributed by atoms with Gasteiger partial charge in [0.1, 0.15) is 0 Å². The Morgan fingerprint density at radius 2 is 1.94 bits per heavy atom. The maximum atomic E-state index is 9.06. The zero-order valence-corrected chi connectivity index (χ0v) is 10.5. The first-order chi connectivity index (χ1) is 7.63. The van der Waals surface area contributed by atoms with Crippen LogP contribution in [0, 0.1) is 6.92 Å². The van der Waals surface area contributed by atoms with Gasteiger partial charge in [-0.05, 0) is 31.9 Å². The highest BCUT2D eigenvalue weighted by Gasteiger charge is 2.08. The molecule has 0 atom stereocenters. The third-order valence-corrected chi connectivity index (χ3v) is 2.93. The molecule has 88 valence electrons. The second-order valence-electron chi connectivity index (χ2n) is 3.93. The molecule has 0 spiro atoms. The fourth-order valence-corrected chi connectivity index (χ4v) is 1.92. The molecule has 1 aromatic carbocycles. The van der Waals surface area contributed by atoms with Crippen LogP contribution in [-0.4, -0.2) is 23.1 Å². The van der Waals surface area contributed by atoms with Crippen LogP contribution in [0.25, 0.3) is 5.70 Å². The molecule has 0 heterocycles. The van der Waals surface area contributed by atoms with Crippen LogP contribution in [0.3, 0.4) is 0 Å². The van der Waals surface area contributed by atoms with Crippen molar-refractivity contribution in [2.24, 2.45) is 0 Å². The number of rotatable bonds is 5. The lowest BCUT2D eigenvalue weighted by molar-refractivity contribution is 0.281. The fraction of sp³-hybridized carbons (Fsp3) is 0.429. The average molecular weight is 219 g/mol. The molecule has 1 N–H and O–H groups in total. The van der Waals surface area contributed by atoms with Gasteiger partial charge in [0.25, 0.3) is 0 Å². The van der Waals surface area contributed by atoms with Crippen molar-refractivity contribution in [3.05, 3.63) is 41.5 Å². The van der Waals surface area contributed by atoms with E-state index in [9.17, 15) is 0 Å². The van der Waals surface area contributed by atoms with Crippen LogP contribution in [0.2, 0.25) is 0 Å². The van der Waals surface area contributed by atoms with Gasteiger partial charge in [-0.25, -0.2) is 0 Å². The Kier molecular flexibility index (Phi) is 4.56. The van der Waals surface area contributed by atoms with Gasteiger partial charge >= 0.3 is 0 Å². The molecule has 0 aliphatic rings. The highest BCUT2D eigenvalue weighted by molar-refractivity contribution is 5.65. The quantitative estimate of drug-likeness (QED) is 0.823. The van der Waals surface area contributed by atoms with Crippen molar-refractivity contribution < 1.29 is 5.11 Å². The van der Waals surface area contributed by atoms with Crippen LogP contribution < -0.4 is 0 Å². The van der Waals surface area contributed by atoms with E-state index in [0.29, 0.717) is 0 Å².